The smallest absolute Gasteiger partial charge is 0.237 e. The number of halogens is 1. The van der Waals surface area contributed by atoms with E-state index in [-0.39, 0.29) is 24.1 Å². The predicted octanol–water partition coefficient (Wildman–Crippen LogP) is 4.68. The van der Waals surface area contributed by atoms with Crippen LogP contribution in [-0.4, -0.2) is 40.1 Å². The van der Waals surface area contributed by atoms with Crippen LogP contribution in [0.5, 0.6) is 11.5 Å². The van der Waals surface area contributed by atoms with Crippen LogP contribution in [0.15, 0.2) is 78.0 Å². The van der Waals surface area contributed by atoms with Crippen LogP contribution in [0.3, 0.4) is 0 Å². The molecule has 1 aliphatic rings. The summed E-state index contributed by atoms with van der Waals surface area (Å²) in [4.78, 5) is 14.8. The van der Waals surface area contributed by atoms with Crippen molar-refractivity contribution >= 4 is 23.4 Å². The summed E-state index contributed by atoms with van der Waals surface area (Å²) in [6, 6.07) is 21.2. The summed E-state index contributed by atoms with van der Waals surface area (Å²) in [5.41, 5.74) is 2.83. The van der Waals surface area contributed by atoms with Crippen molar-refractivity contribution in [2.45, 2.75) is 18.2 Å². The van der Waals surface area contributed by atoms with E-state index in [1.807, 2.05) is 35.2 Å². The summed E-state index contributed by atoms with van der Waals surface area (Å²) in [5, 5.41) is 9.14. The first-order valence-electron chi connectivity index (χ1n) is 11.1. The molecule has 0 fully saturated rings. The number of methoxy groups -OCH3 is 1. The summed E-state index contributed by atoms with van der Waals surface area (Å²) >= 11 is 1.30. The van der Waals surface area contributed by atoms with E-state index in [0.29, 0.717) is 29.0 Å². The molecule has 0 aliphatic carbocycles. The van der Waals surface area contributed by atoms with E-state index in [1.54, 1.807) is 35.9 Å². The fourth-order valence-electron chi connectivity index (χ4n) is 3.96. The van der Waals surface area contributed by atoms with Gasteiger partial charge in [-0.05, 0) is 66.6 Å². The molecule has 4 aromatic rings. The number of nitrogens with zero attached hydrogens (tertiary/aromatic N) is 4. The second-order valence-corrected chi connectivity index (χ2v) is 8.83. The number of rotatable bonds is 8. The van der Waals surface area contributed by atoms with Gasteiger partial charge in [-0.3, -0.25) is 9.36 Å². The van der Waals surface area contributed by atoms with E-state index in [0.717, 1.165) is 17.9 Å². The lowest BCUT2D eigenvalue weighted by Gasteiger charge is -2.17. The SMILES string of the molecule is COc1ccc(OCc2nnc(SCC(=O)N3CCc4ccccc43)n2-c2ccc(F)cc2)cc1. The fraction of sp³-hybridized carbons (Fsp3) is 0.192. The number of hydrogen-bond donors (Lipinski definition) is 0. The van der Waals surface area contributed by atoms with Gasteiger partial charge < -0.3 is 14.4 Å². The Kier molecular flexibility index (Phi) is 6.67. The van der Waals surface area contributed by atoms with Gasteiger partial charge in [-0.25, -0.2) is 4.39 Å². The van der Waals surface area contributed by atoms with Crippen LogP contribution in [0.25, 0.3) is 5.69 Å². The van der Waals surface area contributed by atoms with Gasteiger partial charge in [0.25, 0.3) is 0 Å². The Morgan fingerprint density at radius 2 is 1.74 bits per heavy atom. The van der Waals surface area contributed by atoms with E-state index >= 15 is 0 Å². The topological polar surface area (TPSA) is 69.5 Å². The van der Waals surface area contributed by atoms with Crippen molar-refractivity contribution in [2.24, 2.45) is 0 Å². The largest absolute Gasteiger partial charge is 0.497 e. The molecule has 1 aliphatic heterocycles. The maximum absolute atomic E-state index is 13.6. The molecule has 2 heterocycles. The van der Waals surface area contributed by atoms with Crippen molar-refractivity contribution in [3.05, 3.63) is 90.0 Å². The molecule has 178 valence electrons. The summed E-state index contributed by atoms with van der Waals surface area (Å²) < 4.78 is 26.4. The number of benzene rings is 3. The van der Waals surface area contributed by atoms with Gasteiger partial charge in [-0.1, -0.05) is 30.0 Å². The minimum atomic E-state index is -0.338. The third-order valence-electron chi connectivity index (χ3n) is 5.73. The molecule has 5 rings (SSSR count). The molecular weight excluding hydrogens is 467 g/mol. The molecule has 35 heavy (non-hydrogen) atoms. The number of carbonyl (C=O) groups is 1. The van der Waals surface area contributed by atoms with Crippen molar-refractivity contribution in [1.82, 2.24) is 14.8 Å². The second kappa shape index (κ2) is 10.2. The average molecular weight is 491 g/mol. The van der Waals surface area contributed by atoms with Crippen LogP contribution < -0.4 is 14.4 Å². The van der Waals surface area contributed by atoms with Crippen molar-refractivity contribution in [1.29, 1.82) is 0 Å². The van der Waals surface area contributed by atoms with Gasteiger partial charge in [0, 0.05) is 17.9 Å². The first-order valence-corrected chi connectivity index (χ1v) is 12.1. The van der Waals surface area contributed by atoms with Crippen LogP contribution in [0.2, 0.25) is 0 Å². The molecule has 0 saturated heterocycles. The van der Waals surface area contributed by atoms with Gasteiger partial charge in [-0.2, -0.15) is 0 Å². The molecular formula is C26H23FN4O3S. The number of hydrogen-bond acceptors (Lipinski definition) is 6. The highest BCUT2D eigenvalue weighted by molar-refractivity contribution is 7.99. The maximum Gasteiger partial charge on any atom is 0.237 e. The molecule has 7 nitrogen and oxygen atoms in total. The zero-order valence-electron chi connectivity index (χ0n) is 19.1. The Labute approximate surface area is 206 Å². The molecule has 0 unspecified atom stereocenters. The van der Waals surface area contributed by atoms with Gasteiger partial charge in [0.05, 0.1) is 12.9 Å². The average Bonchev–Trinajstić information content (AvgIpc) is 3.51. The highest BCUT2D eigenvalue weighted by atomic mass is 32.2. The number of fused-ring (bicyclic) bond motifs is 1. The lowest BCUT2D eigenvalue weighted by atomic mass is 10.2. The number of thioether (sulfide) groups is 1. The van der Waals surface area contributed by atoms with Gasteiger partial charge in [0.2, 0.25) is 5.91 Å². The monoisotopic (exact) mass is 490 g/mol. The molecule has 0 spiro atoms. The Morgan fingerprint density at radius 3 is 2.51 bits per heavy atom. The Balaban J connectivity index is 1.34. The first-order chi connectivity index (χ1) is 17.1. The number of aromatic nitrogens is 3. The molecule has 3 aromatic carbocycles. The normalized spacial score (nSPS) is 12.5. The molecule has 0 atom stereocenters. The zero-order valence-corrected chi connectivity index (χ0v) is 19.9. The molecule has 0 saturated carbocycles. The van der Waals surface area contributed by atoms with Gasteiger partial charge in [0.1, 0.15) is 23.9 Å². The molecule has 9 heteroatoms. The standard InChI is InChI=1S/C26H23FN4O3S/c1-33-21-10-12-22(13-11-21)34-16-24-28-29-26(31(24)20-8-6-19(27)7-9-20)35-17-25(32)30-15-14-18-4-2-3-5-23(18)30/h2-13H,14-17H2,1H3. The van der Waals surface area contributed by atoms with E-state index in [4.69, 9.17) is 9.47 Å². The molecule has 0 bridgehead atoms. The predicted molar refractivity (Wildman–Crippen MR) is 132 cm³/mol. The van der Waals surface area contributed by atoms with Gasteiger partial charge in [-0.15, -0.1) is 10.2 Å². The lowest BCUT2D eigenvalue weighted by Crippen LogP contribution is -2.30. The van der Waals surface area contributed by atoms with Crippen LogP contribution in [0.4, 0.5) is 10.1 Å². The second-order valence-electron chi connectivity index (χ2n) is 7.89. The first kappa shape index (κ1) is 22.9. The number of para-hydroxylation sites is 1. The minimum absolute atomic E-state index is 0.00430. The summed E-state index contributed by atoms with van der Waals surface area (Å²) in [5.74, 6) is 1.79. The number of anilines is 1. The summed E-state index contributed by atoms with van der Waals surface area (Å²) in [7, 11) is 1.60. The third-order valence-corrected chi connectivity index (χ3v) is 6.64. The molecule has 0 N–H and O–H groups in total. The van der Waals surface area contributed by atoms with E-state index < -0.39 is 0 Å². The van der Waals surface area contributed by atoms with Crippen LogP contribution >= 0.6 is 11.8 Å². The van der Waals surface area contributed by atoms with Crippen molar-refractivity contribution < 1.29 is 18.7 Å². The third kappa shape index (κ3) is 5.00. The van der Waals surface area contributed by atoms with Crippen LogP contribution in [0, 0.1) is 5.82 Å². The summed E-state index contributed by atoms with van der Waals surface area (Å²) in [6.07, 6.45) is 0.852. The van der Waals surface area contributed by atoms with Gasteiger partial charge >= 0.3 is 0 Å². The Hall–Kier alpha value is -3.85. The van der Waals surface area contributed by atoms with Gasteiger partial charge in [0.15, 0.2) is 11.0 Å². The number of carbonyl (C=O) groups excluding carboxylic acids is 1. The Morgan fingerprint density at radius 1 is 1.00 bits per heavy atom. The summed E-state index contributed by atoms with van der Waals surface area (Å²) in [6.45, 7) is 0.815. The van der Waals surface area contributed by atoms with E-state index in [2.05, 4.69) is 16.3 Å². The molecule has 1 aromatic heterocycles. The van der Waals surface area contributed by atoms with E-state index in [1.165, 1.54) is 29.5 Å². The molecule has 0 radical (unpaired) electrons. The van der Waals surface area contributed by atoms with Crippen molar-refractivity contribution in [3.63, 3.8) is 0 Å². The van der Waals surface area contributed by atoms with Crippen molar-refractivity contribution in [2.75, 3.05) is 24.3 Å². The highest BCUT2D eigenvalue weighted by Gasteiger charge is 2.25. The minimum Gasteiger partial charge on any atom is -0.497 e. The van der Waals surface area contributed by atoms with E-state index in [9.17, 15) is 9.18 Å². The fourth-order valence-corrected chi connectivity index (χ4v) is 4.80. The van der Waals surface area contributed by atoms with Crippen LogP contribution in [0.1, 0.15) is 11.4 Å². The van der Waals surface area contributed by atoms with Crippen molar-refractivity contribution in [3.8, 4) is 17.2 Å². The zero-order chi connectivity index (χ0) is 24.2. The highest BCUT2D eigenvalue weighted by Crippen LogP contribution is 2.29. The quantitative estimate of drug-likeness (QED) is 0.334. The number of amides is 1. The number of ether oxygens (including phenoxy) is 2. The van der Waals surface area contributed by atoms with Crippen LogP contribution in [-0.2, 0) is 17.8 Å². The Bertz CT molecular complexity index is 1330. The lowest BCUT2D eigenvalue weighted by molar-refractivity contribution is -0.116. The molecule has 1 amide bonds. The maximum atomic E-state index is 13.6.